The largest absolute Gasteiger partial charge is 0.477 e. The number of aryl methyl sites for hydroxylation is 1. The van der Waals surface area contributed by atoms with Crippen LogP contribution in [0.2, 0.25) is 0 Å². The molecule has 0 bridgehead atoms. The van der Waals surface area contributed by atoms with Gasteiger partial charge >= 0.3 is 5.97 Å². The van der Waals surface area contributed by atoms with E-state index >= 15 is 0 Å². The number of hydrogen-bond acceptors (Lipinski definition) is 3. The Morgan fingerprint density at radius 1 is 1.17 bits per heavy atom. The van der Waals surface area contributed by atoms with Crippen LogP contribution < -0.4 is 5.56 Å². The number of carboxylic acids is 1. The van der Waals surface area contributed by atoms with Gasteiger partial charge in [-0.05, 0) is 30.7 Å². The summed E-state index contributed by atoms with van der Waals surface area (Å²) in [6, 6.07) is 14.6. The minimum absolute atomic E-state index is 0.248. The molecule has 2 heterocycles. The Hall–Kier alpha value is -3.41. The van der Waals surface area contributed by atoms with Crippen molar-refractivity contribution in [2.45, 2.75) is 6.92 Å². The van der Waals surface area contributed by atoms with E-state index in [0.717, 1.165) is 21.1 Å². The summed E-state index contributed by atoms with van der Waals surface area (Å²) in [6.45, 7) is 1.90. The molecule has 0 aliphatic heterocycles. The van der Waals surface area contributed by atoms with Crippen LogP contribution in [0.1, 0.15) is 15.9 Å². The van der Waals surface area contributed by atoms with Crippen molar-refractivity contribution in [1.29, 1.82) is 0 Å². The summed E-state index contributed by atoms with van der Waals surface area (Å²) in [4.78, 5) is 27.4. The van der Waals surface area contributed by atoms with Gasteiger partial charge in [-0.25, -0.2) is 4.79 Å². The Kier molecular flexibility index (Phi) is 2.99. The first kappa shape index (κ1) is 14.2. The van der Waals surface area contributed by atoms with Crippen molar-refractivity contribution in [1.82, 2.24) is 14.8 Å². The molecule has 0 radical (unpaired) electrons. The lowest BCUT2D eigenvalue weighted by molar-refractivity contribution is 0.0696. The summed E-state index contributed by atoms with van der Waals surface area (Å²) in [7, 11) is 0. The van der Waals surface area contributed by atoms with Crippen molar-refractivity contribution in [3.05, 3.63) is 70.0 Å². The molecule has 118 valence electrons. The molecule has 2 aromatic carbocycles. The third-order valence-electron chi connectivity index (χ3n) is 3.99. The lowest BCUT2D eigenvalue weighted by Crippen LogP contribution is -2.27. The Balaban J connectivity index is 2.19. The minimum Gasteiger partial charge on any atom is -0.477 e. The average molecular weight is 319 g/mol. The molecule has 2 N–H and O–H groups in total. The molecule has 4 aromatic rings. The highest BCUT2D eigenvalue weighted by atomic mass is 16.4. The molecule has 0 aliphatic rings. The molecule has 0 atom stereocenters. The van der Waals surface area contributed by atoms with Gasteiger partial charge < -0.3 is 10.1 Å². The molecule has 0 aliphatic carbocycles. The molecule has 0 saturated carbocycles. The van der Waals surface area contributed by atoms with Crippen LogP contribution in [-0.2, 0) is 0 Å². The maximum absolute atomic E-state index is 12.7. The number of para-hydroxylation sites is 1. The Morgan fingerprint density at radius 3 is 2.71 bits per heavy atom. The number of hydrogen-bond donors (Lipinski definition) is 2. The number of rotatable bonds is 2. The summed E-state index contributed by atoms with van der Waals surface area (Å²) in [6.07, 6.45) is 0. The van der Waals surface area contributed by atoms with Crippen LogP contribution in [-0.4, -0.2) is 25.8 Å². The van der Waals surface area contributed by atoms with Gasteiger partial charge in [0, 0.05) is 10.9 Å². The van der Waals surface area contributed by atoms with Gasteiger partial charge in [-0.15, -0.1) is 0 Å². The Labute approximate surface area is 136 Å². The maximum Gasteiger partial charge on any atom is 0.343 e. The van der Waals surface area contributed by atoms with Crippen molar-refractivity contribution in [3.63, 3.8) is 0 Å². The van der Waals surface area contributed by atoms with E-state index in [1.807, 2.05) is 37.3 Å². The number of aromatic amines is 1. The number of benzene rings is 2. The van der Waals surface area contributed by atoms with Crippen molar-refractivity contribution in [2.24, 2.45) is 0 Å². The zero-order valence-corrected chi connectivity index (χ0v) is 12.8. The Morgan fingerprint density at radius 2 is 1.96 bits per heavy atom. The van der Waals surface area contributed by atoms with Crippen LogP contribution in [0.5, 0.6) is 0 Å². The van der Waals surface area contributed by atoms with Gasteiger partial charge in [0.2, 0.25) is 0 Å². The van der Waals surface area contributed by atoms with Crippen LogP contribution in [0.15, 0.2) is 53.3 Å². The van der Waals surface area contributed by atoms with Gasteiger partial charge in [0.15, 0.2) is 5.56 Å². The highest BCUT2D eigenvalue weighted by molar-refractivity contribution is 6.11. The van der Waals surface area contributed by atoms with E-state index in [-0.39, 0.29) is 11.1 Å². The van der Waals surface area contributed by atoms with Crippen LogP contribution in [0.4, 0.5) is 0 Å². The molecule has 0 fully saturated rings. The van der Waals surface area contributed by atoms with E-state index in [2.05, 4.69) is 10.1 Å². The maximum atomic E-state index is 12.7. The second kappa shape index (κ2) is 5.06. The number of fused-ring (bicyclic) bond motifs is 3. The van der Waals surface area contributed by atoms with E-state index < -0.39 is 11.5 Å². The fourth-order valence-corrected chi connectivity index (χ4v) is 2.90. The molecule has 0 saturated heterocycles. The predicted molar refractivity (Wildman–Crippen MR) is 90.9 cm³/mol. The van der Waals surface area contributed by atoms with Crippen molar-refractivity contribution < 1.29 is 9.90 Å². The number of H-pyrrole nitrogens is 1. The van der Waals surface area contributed by atoms with E-state index in [1.165, 1.54) is 0 Å². The molecule has 0 spiro atoms. The van der Waals surface area contributed by atoms with Gasteiger partial charge in [-0.3, -0.25) is 4.79 Å². The summed E-state index contributed by atoms with van der Waals surface area (Å²) >= 11 is 0. The molecular weight excluding hydrogens is 306 g/mol. The minimum atomic E-state index is -1.28. The number of aromatic carboxylic acids is 1. The summed E-state index contributed by atoms with van der Waals surface area (Å²) < 4.78 is 1.15. The lowest BCUT2D eigenvalue weighted by atomic mass is 10.2. The van der Waals surface area contributed by atoms with E-state index in [4.69, 9.17) is 0 Å². The van der Waals surface area contributed by atoms with Gasteiger partial charge in [0.05, 0.1) is 11.2 Å². The van der Waals surface area contributed by atoms with Gasteiger partial charge in [0.1, 0.15) is 5.52 Å². The van der Waals surface area contributed by atoms with E-state index in [0.29, 0.717) is 11.2 Å². The zero-order valence-electron chi connectivity index (χ0n) is 12.8. The number of nitrogens with one attached hydrogen (secondary N) is 1. The first-order chi connectivity index (χ1) is 11.6. The molecular formula is C18H13N3O3. The molecule has 6 nitrogen and oxygen atoms in total. The quantitative estimate of drug-likeness (QED) is 0.594. The van der Waals surface area contributed by atoms with Crippen LogP contribution >= 0.6 is 0 Å². The second-order valence-corrected chi connectivity index (χ2v) is 5.63. The molecule has 6 heteroatoms. The molecule has 0 amide bonds. The summed E-state index contributed by atoms with van der Waals surface area (Å²) in [5.74, 6) is -1.28. The van der Waals surface area contributed by atoms with E-state index in [9.17, 15) is 14.7 Å². The van der Waals surface area contributed by atoms with Crippen molar-refractivity contribution >= 4 is 27.9 Å². The lowest BCUT2D eigenvalue weighted by Gasteiger charge is -2.07. The molecule has 24 heavy (non-hydrogen) atoms. The van der Waals surface area contributed by atoms with Crippen molar-refractivity contribution in [3.8, 4) is 5.69 Å². The van der Waals surface area contributed by atoms with Crippen LogP contribution in [0.25, 0.3) is 27.6 Å². The summed E-state index contributed by atoms with van der Waals surface area (Å²) in [5, 5.41) is 14.8. The third kappa shape index (κ3) is 2.00. The standard InChI is InChI=1S/C18H13N3O3/c1-10-5-4-6-11(9-10)21-17(22)14(18(23)24)16-15(20-21)12-7-2-3-8-13(12)19-16/h2-9,19H,1H3,(H,23,24). The first-order valence-electron chi connectivity index (χ1n) is 7.40. The second-order valence-electron chi connectivity index (χ2n) is 5.63. The fourth-order valence-electron chi connectivity index (χ4n) is 2.90. The normalized spacial score (nSPS) is 11.2. The SMILES string of the molecule is Cc1cccc(-n2nc3c([nH]c4ccccc43)c(C(=O)O)c2=O)c1. The fraction of sp³-hybridized carbons (Fsp3) is 0.0556. The number of carboxylic acid groups (broad SMARTS) is 1. The molecule has 2 aromatic heterocycles. The van der Waals surface area contributed by atoms with Gasteiger partial charge in [0.25, 0.3) is 5.56 Å². The molecule has 0 unspecified atom stereocenters. The highest BCUT2D eigenvalue weighted by Gasteiger charge is 2.21. The summed E-state index contributed by atoms with van der Waals surface area (Å²) in [5.41, 5.74) is 1.97. The number of nitrogens with zero attached hydrogens (tertiary/aromatic N) is 2. The third-order valence-corrected chi connectivity index (χ3v) is 3.99. The van der Waals surface area contributed by atoms with Gasteiger partial charge in [-0.2, -0.15) is 9.78 Å². The van der Waals surface area contributed by atoms with Crippen molar-refractivity contribution in [2.75, 3.05) is 0 Å². The smallest absolute Gasteiger partial charge is 0.343 e. The van der Waals surface area contributed by atoms with Gasteiger partial charge in [-0.1, -0.05) is 30.3 Å². The zero-order chi connectivity index (χ0) is 16.8. The predicted octanol–water partition coefficient (Wildman–Crippen LogP) is 2.87. The Bertz CT molecular complexity index is 1170. The number of carbonyl (C=O) groups is 1. The van der Waals surface area contributed by atoms with Crippen LogP contribution in [0, 0.1) is 6.92 Å². The highest BCUT2D eigenvalue weighted by Crippen LogP contribution is 2.24. The topological polar surface area (TPSA) is 88.0 Å². The van der Waals surface area contributed by atoms with E-state index in [1.54, 1.807) is 18.2 Å². The first-order valence-corrected chi connectivity index (χ1v) is 7.40. The molecule has 4 rings (SSSR count). The monoisotopic (exact) mass is 319 g/mol. The van der Waals surface area contributed by atoms with Crippen LogP contribution in [0.3, 0.4) is 0 Å². The number of aromatic nitrogens is 3. The average Bonchev–Trinajstić information content (AvgIpc) is 2.91.